The fourth-order valence-corrected chi connectivity index (χ4v) is 1.37. The van der Waals surface area contributed by atoms with Crippen LogP contribution in [-0.4, -0.2) is 32.8 Å². The number of carbonyl (C=O) groups excluding carboxylic acids is 1. The van der Waals surface area contributed by atoms with E-state index in [0.29, 0.717) is 25.8 Å². The number of hydrogen-bond acceptors (Lipinski definition) is 4. The van der Waals surface area contributed by atoms with Gasteiger partial charge in [-0.1, -0.05) is 0 Å². The average molecular weight is 239 g/mol. The Morgan fingerprint density at radius 2 is 2.29 bits per heavy atom. The Morgan fingerprint density at radius 3 is 2.82 bits per heavy atom. The average Bonchev–Trinajstić information content (AvgIpc) is 2.61. The molecular weight excluding hydrogens is 218 g/mol. The van der Waals surface area contributed by atoms with E-state index in [0.717, 1.165) is 5.82 Å². The zero-order valence-corrected chi connectivity index (χ0v) is 10.7. The number of nitrogens with two attached hydrogens (primary N) is 1. The lowest BCUT2D eigenvalue weighted by molar-refractivity contribution is -0.121. The first kappa shape index (κ1) is 13.6. The summed E-state index contributed by atoms with van der Waals surface area (Å²) in [6.45, 7) is 4.41. The minimum atomic E-state index is -0.291. The smallest absolute Gasteiger partial charge is 0.220 e. The molecule has 0 unspecified atom stereocenters. The highest BCUT2D eigenvalue weighted by atomic mass is 16.1. The Hall–Kier alpha value is -1.43. The Morgan fingerprint density at radius 1 is 1.59 bits per heavy atom. The van der Waals surface area contributed by atoms with Crippen molar-refractivity contribution in [1.29, 1.82) is 0 Å². The van der Waals surface area contributed by atoms with Gasteiger partial charge >= 0.3 is 0 Å². The molecule has 3 N–H and O–H groups in total. The van der Waals surface area contributed by atoms with Crippen molar-refractivity contribution >= 4 is 5.91 Å². The second-order valence-electron chi connectivity index (χ2n) is 4.95. The fraction of sp³-hybridized carbons (Fsp3) is 0.727. The molecule has 1 amide bonds. The number of rotatable bonds is 6. The van der Waals surface area contributed by atoms with Crippen LogP contribution in [0.15, 0.2) is 6.33 Å². The molecule has 6 heteroatoms. The van der Waals surface area contributed by atoms with Crippen LogP contribution in [0, 0.1) is 0 Å². The van der Waals surface area contributed by atoms with Crippen LogP contribution < -0.4 is 11.1 Å². The number of aryl methyl sites for hydroxylation is 1. The van der Waals surface area contributed by atoms with Crippen LogP contribution >= 0.6 is 0 Å². The topological polar surface area (TPSA) is 85.8 Å². The number of aromatic nitrogens is 3. The molecule has 1 rings (SSSR count). The summed E-state index contributed by atoms with van der Waals surface area (Å²) in [6.07, 6.45) is 3.48. The minimum absolute atomic E-state index is 0.0330. The largest absolute Gasteiger partial charge is 0.356 e. The van der Waals surface area contributed by atoms with Gasteiger partial charge in [-0.25, -0.2) is 0 Å². The molecule has 96 valence electrons. The summed E-state index contributed by atoms with van der Waals surface area (Å²) >= 11 is 0. The molecule has 0 fully saturated rings. The third-order valence-corrected chi connectivity index (χ3v) is 2.47. The highest BCUT2D eigenvalue weighted by Crippen LogP contribution is 2.06. The number of nitrogens with zero attached hydrogens (tertiary/aromatic N) is 3. The molecule has 0 saturated carbocycles. The molecular formula is C11H21N5O. The van der Waals surface area contributed by atoms with E-state index in [1.54, 1.807) is 6.33 Å². The highest BCUT2D eigenvalue weighted by molar-refractivity contribution is 5.75. The summed E-state index contributed by atoms with van der Waals surface area (Å²) in [5.41, 5.74) is 5.52. The monoisotopic (exact) mass is 239 g/mol. The first-order valence-corrected chi connectivity index (χ1v) is 5.77. The van der Waals surface area contributed by atoms with E-state index in [2.05, 4.69) is 15.5 Å². The summed E-state index contributed by atoms with van der Waals surface area (Å²) < 4.78 is 1.84. The Kier molecular flexibility index (Phi) is 4.62. The van der Waals surface area contributed by atoms with Gasteiger partial charge in [0.15, 0.2) is 0 Å². The Bertz CT molecular complexity index is 366. The normalized spacial score (nSPS) is 11.5. The third-order valence-electron chi connectivity index (χ3n) is 2.47. The Labute approximate surface area is 102 Å². The molecule has 0 bridgehead atoms. The van der Waals surface area contributed by atoms with Gasteiger partial charge in [-0.15, -0.1) is 10.2 Å². The van der Waals surface area contributed by atoms with E-state index < -0.39 is 0 Å². The maximum Gasteiger partial charge on any atom is 0.220 e. The van der Waals surface area contributed by atoms with Crippen LogP contribution in [0.4, 0.5) is 0 Å². The maximum absolute atomic E-state index is 11.5. The summed E-state index contributed by atoms with van der Waals surface area (Å²) in [5, 5.41) is 10.6. The van der Waals surface area contributed by atoms with E-state index in [-0.39, 0.29) is 11.4 Å². The fourth-order valence-electron chi connectivity index (χ4n) is 1.37. The van der Waals surface area contributed by atoms with Crippen molar-refractivity contribution in [2.24, 2.45) is 12.8 Å². The van der Waals surface area contributed by atoms with Crippen molar-refractivity contribution in [2.45, 2.75) is 38.6 Å². The molecule has 0 atom stereocenters. The summed E-state index contributed by atoms with van der Waals surface area (Å²) in [5.74, 6) is 0.898. The first-order chi connectivity index (χ1) is 7.88. The summed E-state index contributed by atoms with van der Waals surface area (Å²) in [4.78, 5) is 11.5. The zero-order valence-electron chi connectivity index (χ0n) is 10.7. The molecule has 0 aliphatic rings. The first-order valence-electron chi connectivity index (χ1n) is 5.77. The number of carbonyl (C=O) groups is 1. The quantitative estimate of drug-likeness (QED) is 0.731. The SMILES string of the molecule is Cn1cnnc1CCNC(=O)CCC(C)(C)N. The van der Waals surface area contributed by atoms with Gasteiger partial charge in [-0.3, -0.25) is 4.79 Å². The van der Waals surface area contributed by atoms with Crippen molar-refractivity contribution in [3.8, 4) is 0 Å². The van der Waals surface area contributed by atoms with Gasteiger partial charge in [0.25, 0.3) is 0 Å². The standard InChI is InChI=1S/C11H21N5O/c1-11(2,12)6-4-10(17)13-7-5-9-15-14-8-16(9)3/h8H,4-7,12H2,1-3H3,(H,13,17). The van der Waals surface area contributed by atoms with E-state index >= 15 is 0 Å². The molecule has 6 nitrogen and oxygen atoms in total. The highest BCUT2D eigenvalue weighted by Gasteiger charge is 2.12. The summed E-state index contributed by atoms with van der Waals surface area (Å²) in [7, 11) is 1.88. The molecule has 17 heavy (non-hydrogen) atoms. The van der Waals surface area contributed by atoms with Gasteiger partial charge in [-0.2, -0.15) is 0 Å². The van der Waals surface area contributed by atoms with E-state index in [9.17, 15) is 4.79 Å². The van der Waals surface area contributed by atoms with Gasteiger partial charge in [0.1, 0.15) is 12.2 Å². The van der Waals surface area contributed by atoms with Crippen molar-refractivity contribution in [2.75, 3.05) is 6.54 Å². The minimum Gasteiger partial charge on any atom is -0.356 e. The second-order valence-corrected chi connectivity index (χ2v) is 4.95. The molecule has 0 aliphatic heterocycles. The zero-order chi connectivity index (χ0) is 12.9. The van der Waals surface area contributed by atoms with E-state index in [1.165, 1.54) is 0 Å². The molecule has 1 heterocycles. The number of hydrogen-bond donors (Lipinski definition) is 2. The summed E-state index contributed by atoms with van der Waals surface area (Å²) in [6, 6.07) is 0. The van der Waals surface area contributed by atoms with Gasteiger partial charge in [0.05, 0.1) is 0 Å². The predicted molar refractivity (Wildman–Crippen MR) is 65.2 cm³/mol. The van der Waals surface area contributed by atoms with E-state index in [4.69, 9.17) is 5.73 Å². The van der Waals surface area contributed by atoms with Crippen molar-refractivity contribution in [3.63, 3.8) is 0 Å². The van der Waals surface area contributed by atoms with Gasteiger partial charge < -0.3 is 15.6 Å². The predicted octanol–water partition coefficient (Wildman–Crippen LogP) is -0.00870. The van der Waals surface area contributed by atoms with Crippen LogP contribution in [0.25, 0.3) is 0 Å². The lowest BCUT2D eigenvalue weighted by atomic mass is 10.00. The van der Waals surface area contributed by atoms with Gasteiger partial charge in [0.2, 0.25) is 5.91 Å². The van der Waals surface area contributed by atoms with E-state index in [1.807, 2.05) is 25.5 Å². The van der Waals surface area contributed by atoms with Crippen LogP contribution in [0.2, 0.25) is 0 Å². The lowest BCUT2D eigenvalue weighted by Crippen LogP contribution is -2.34. The van der Waals surface area contributed by atoms with Gasteiger partial charge in [0, 0.05) is 32.0 Å². The van der Waals surface area contributed by atoms with Gasteiger partial charge in [-0.05, 0) is 20.3 Å². The lowest BCUT2D eigenvalue weighted by Gasteiger charge is -2.17. The molecule has 0 aromatic carbocycles. The molecule has 1 aromatic heterocycles. The Balaban J connectivity index is 2.19. The van der Waals surface area contributed by atoms with Crippen molar-refractivity contribution < 1.29 is 4.79 Å². The van der Waals surface area contributed by atoms with Crippen LogP contribution in [-0.2, 0) is 18.3 Å². The molecule has 0 radical (unpaired) electrons. The molecule has 0 saturated heterocycles. The molecule has 1 aromatic rings. The maximum atomic E-state index is 11.5. The third kappa shape index (κ3) is 5.44. The second kappa shape index (κ2) is 5.77. The van der Waals surface area contributed by atoms with Crippen molar-refractivity contribution in [3.05, 3.63) is 12.2 Å². The number of nitrogens with one attached hydrogen (secondary N) is 1. The molecule has 0 aliphatic carbocycles. The van der Waals surface area contributed by atoms with Crippen LogP contribution in [0.5, 0.6) is 0 Å². The number of amides is 1. The van der Waals surface area contributed by atoms with Crippen LogP contribution in [0.3, 0.4) is 0 Å². The van der Waals surface area contributed by atoms with Crippen LogP contribution in [0.1, 0.15) is 32.5 Å². The molecule has 0 spiro atoms. The van der Waals surface area contributed by atoms with Crippen molar-refractivity contribution in [1.82, 2.24) is 20.1 Å².